The number of hydrogen-bond acceptors (Lipinski definition) is 5. The van der Waals surface area contributed by atoms with Gasteiger partial charge in [0.25, 0.3) is 0 Å². The van der Waals surface area contributed by atoms with Gasteiger partial charge >= 0.3 is 12.0 Å². The van der Waals surface area contributed by atoms with Crippen molar-refractivity contribution in [3.8, 4) is 5.75 Å². The van der Waals surface area contributed by atoms with Gasteiger partial charge in [0.15, 0.2) is 0 Å². The molecule has 2 aromatic heterocycles. The average Bonchev–Trinajstić information content (AvgIpc) is 3.47. The standard InChI is InChI=1S/C26H25N3O4S/c1-15-4-6-16(7-5-15)23-22-18(19-14-17(32-2)8-9-20(19)27-22)10-12-29(23)26(31)28-21-11-13-34-24(21)25(30)33-3/h4-9,11,13-14,23,27H,10,12H2,1-3H3,(H,28,31)/t23-/m1/s1. The fraction of sp³-hybridized carbons (Fsp3) is 0.231. The van der Waals surface area contributed by atoms with E-state index >= 15 is 0 Å². The largest absolute Gasteiger partial charge is 0.497 e. The molecule has 0 radical (unpaired) electrons. The van der Waals surface area contributed by atoms with Crippen molar-refractivity contribution in [3.63, 3.8) is 0 Å². The second-order valence-corrected chi connectivity index (χ2v) is 9.19. The van der Waals surface area contributed by atoms with Crippen LogP contribution in [0.3, 0.4) is 0 Å². The summed E-state index contributed by atoms with van der Waals surface area (Å²) in [6.07, 6.45) is 0.700. The number of nitrogens with zero attached hydrogens (tertiary/aromatic N) is 1. The van der Waals surface area contributed by atoms with Gasteiger partial charge in [-0.1, -0.05) is 29.8 Å². The number of ether oxygens (including phenoxy) is 2. The highest BCUT2D eigenvalue weighted by Crippen LogP contribution is 2.40. The van der Waals surface area contributed by atoms with Crippen LogP contribution in [0.25, 0.3) is 10.9 Å². The number of aryl methyl sites for hydroxylation is 1. The number of esters is 1. The molecule has 3 heterocycles. The minimum atomic E-state index is -0.467. The normalized spacial score (nSPS) is 15.1. The fourth-order valence-corrected chi connectivity index (χ4v) is 5.32. The van der Waals surface area contributed by atoms with E-state index in [4.69, 9.17) is 9.47 Å². The molecule has 34 heavy (non-hydrogen) atoms. The molecule has 0 spiro atoms. The first-order chi connectivity index (χ1) is 16.5. The lowest BCUT2D eigenvalue weighted by Crippen LogP contribution is -2.43. The number of hydrogen-bond donors (Lipinski definition) is 2. The predicted molar refractivity (Wildman–Crippen MR) is 133 cm³/mol. The average molecular weight is 476 g/mol. The number of fused-ring (bicyclic) bond motifs is 3. The molecule has 1 aliphatic rings. The van der Waals surface area contributed by atoms with Crippen LogP contribution in [0.15, 0.2) is 53.9 Å². The molecule has 1 aliphatic heterocycles. The molecule has 2 aromatic carbocycles. The van der Waals surface area contributed by atoms with E-state index in [1.54, 1.807) is 18.6 Å². The minimum absolute atomic E-state index is 0.268. The van der Waals surface area contributed by atoms with Gasteiger partial charge in [-0.15, -0.1) is 11.3 Å². The molecule has 7 nitrogen and oxygen atoms in total. The van der Waals surface area contributed by atoms with Crippen LogP contribution in [0.2, 0.25) is 0 Å². The van der Waals surface area contributed by atoms with E-state index in [9.17, 15) is 9.59 Å². The highest BCUT2D eigenvalue weighted by Gasteiger charge is 2.35. The van der Waals surface area contributed by atoms with Crippen LogP contribution in [-0.4, -0.2) is 42.6 Å². The quantitative estimate of drug-likeness (QED) is 0.381. The first-order valence-electron chi connectivity index (χ1n) is 11.0. The summed E-state index contributed by atoms with van der Waals surface area (Å²) in [5.74, 6) is 0.333. The van der Waals surface area contributed by atoms with Crippen molar-refractivity contribution in [2.45, 2.75) is 19.4 Å². The number of carbonyl (C=O) groups excluding carboxylic acids is 2. The van der Waals surface area contributed by atoms with Crippen LogP contribution in [0.1, 0.15) is 38.1 Å². The van der Waals surface area contributed by atoms with Crippen molar-refractivity contribution in [3.05, 3.63) is 81.2 Å². The number of H-pyrrole nitrogens is 1. The number of carbonyl (C=O) groups is 2. The summed E-state index contributed by atoms with van der Waals surface area (Å²) < 4.78 is 10.3. The Balaban J connectivity index is 1.56. The Kier molecular flexibility index (Phi) is 5.75. The summed E-state index contributed by atoms with van der Waals surface area (Å²) in [5, 5.41) is 5.80. The van der Waals surface area contributed by atoms with E-state index in [0.717, 1.165) is 33.5 Å². The molecule has 0 saturated heterocycles. The number of thiophene rings is 1. The van der Waals surface area contributed by atoms with Gasteiger partial charge in [0, 0.05) is 23.1 Å². The summed E-state index contributed by atoms with van der Waals surface area (Å²) in [6, 6.07) is 15.4. The molecule has 2 amide bonds. The third-order valence-electron chi connectivity index (χ3n) is 6.27. The van der Waals surface area contributed by atoms with Gasteiger partial charge in [-0.25, -0.2) is 9.59 Å². The second kappa shape index (κ2) is 8.87. The molecule has 174 valence electrons. The van der Waals surface area contributed by atoms with Crippen molar-refractivity contribution >= 4 is 39.9 Å². The van der Waals surface area contributed by atoms with Gasteiger partial charge in [-0.05, 0) is 54.1 Å². The van der Waals surface area contributed by atoms with E-state index in [1.165, 1.54) is 24.0 Å². The summed E-state index contributed by atoms with van der Waals surface area (Å²) >= 11 is 1.24. The molecule has 1 atom stereocenters. The smallest absolute Gasteiger partial charge is 0.350 e. The number of urea groups is 1. The zero-order valence-corrected chi connectivity index (χ0v) is 20.0. The lowest BCUT2D eigenvalue weighted by molar-refractivity contribution is 0.0607. The molecule has 4 aromatic rings. The zero-order valence-electron chi connectivity index (χ0n) is 19.2. The molecule has 0 fully saturated rings. The van der Waals surface area contributed by atoms with Crippen LogP contribution in [0.4, 0.5) is 10.5 Å². The number of aromatic nitrogens is 1. The number of benzene rings is 2. The monoisotopic (exact) mass is 475 g/mol. The zero-order chi connectivity index (χ0) is 23.8. The lowest BCUT2D eigenvalue weighted by Gasteiger charge is -2.36. The first kappa shape index (κ1) is 22.0. The van der Waals surface area contributed by atoms with Crippen molar-refractivity contribution in [2.75, 3.05) is 26.1 Å². The molecule has 0 unspecified atom stereocenters. The van der Waals surface area contributed by atoms with E-state index in [-0.39, 0.29) is 12.1 Å². The van der Waals surface area contributed by atoms with Crippen LogP contribution in [0.5, 0.6) is 5.75 Å². The topological polar surface area (TPSA) is 83.7 Å². The molecule has 5 rings (SSSR count). The maximum Gasteiger partial charge on any atom is 0.350 e. The maximum atomic E-state index is 13.5. The Morgan fingerprint density at radius 2 is 1.91 bits per heavy atom. The van der Waals surface area contributed by atoms with Gasteiger partial charge in [0.1, 0.15) is 10.6 Å². The Bertz CT molecular complexity index is 1370. The molecule has 8 heteroatoms. The highest BCUT2D eigenvalue weighted by molar-refractivity contribution is 7.12. The van der Waals surface area contributed by atoms with Crippen molar-refractivity contribution in [1.82, 2.24) is 9.88 Å². The summed E-state index contributed by atoms with van der Waals surface area (Å²) in [7, 11) is 2.99. The molecule has 2 N–H and O–H groups in total. The summed E-state index contributed by atoms with van der Waals surface area (Å²) in [6.45, 7) is 2.57. The molecular formula is C26H25N3O4S. The molecule has 0 aliphatic carbocycles. The summed E-state index contributed by atoms with van der Waals surface area (Å²) in [4.78, 5) is 31.4. The lowest BCUT2D eigenvalue weighted by atomic mass is 9.92. The fourth-order valence-electron chi connectivity index (χ4n) is 4.55. The number of amides is 2. The Labute approximate surface area is 201 Å². The van der Waals surface area contributed by atoms with Crippen molar-refractivity contribution in [1.29, 1.82) is 0 Å². The Morgan fingerprint density at radius 1 is 1.12 bits per heavy atom. The van der Waals surface area contributed by atoms with Crippen molar-refractivity contribution in [2.24, 2.45) is 0 Å². The SMILES string of the molecule is COC(=O)c1sccc1NC(=O)N1CCc2c([nH]c3ccc(OC)cc23)[C@H]1c1ccc(C)cc1. The van der Waals surface area contributed by atoms with Crippen LogP contribution in [-0.2, 0) is 11.2 Å². The number of rotatable bonds is 4. The van der Waals surface area contributed by atoms with Crippen LogP contribution >= 0.6 is 11.3 Å². The Morgan fingerprint density at radius 3 is 2.65 bits per heavy atom. The molecular weight excluding hydrogens is 450 g/mol. The van der Waals surface area contributed by atoms with Gasteiger partial charge < -0.3 is 24.7 Å². The molecule has 0 saturated carbocycles. The summed E-state index contributed by atoms with van der Waals surface area (Å²) in [5.41, 5.74) is 5.81. The van der Waals surface area contributed by atoms with Gasteiger partial charge in [-0.3, -0.25) is 0 Å². The number of anilines is 1. The predicted octanol–water partition coefficient (Wildman–Crippen LogP) is 5.51. The Hall–Kier alpha value is -3.78. The van der Waals surface area contributed by atoms with E-state index in [0.29, 0.717) is 23.5 Å². The van der Waals surface area contributed by atoms with E-state index in [1.807, 2.05) is 30.0 Å². The third kappa shape index (κ3) is 3.80. The highest BCUT2D eigenvalue weighted by atomic mass is 32.1. The third-order valence-corrected chi connectivity index (χ3v) is 7.16. The maximum absolute atomic E-state index is 13.5. The number of methoxy groups -OCH3 is 2. The van der Waals surface area contributed by atoms with Gasteiger partial charge in [-0.2, -0.15) is 0 Å². The number of nitrogens with one attached hydrogen (secondary N) is 2. The molecule has 0 bridgehead atoms. The van der Waals surface area contributed by atoms with Crippen LogP contribution < -0.4 is 10.1 Å². The van der Waals surface area contributed by atoms with Crippen LogP contribution in [0, 0.1) is 6.92 Å². The number of aromatic amines is 1. The van der Waals surface area contributed by atoms with E-state index in [2.05, 4.69) is 34.6 Å². The first-order valence-corrected chi connectivity index (χ1v) is 11.9. The van der Waals surface area contributed by atoms with Crippen molar-refractivity contribution < 1.29 is 19.1 Å². The van der Waals surface area contributed by atoms with Gasteiger partial charge in [0.2, 0.25) is 0 Å². The van der Waals surface area contributed by atoms with E-state index < -0.39 is 5.97 Å². The van der Waals surface area contributed by atoms with Gasteiger partial charge in [0.05, 0.1) is 25.9 Å². The minimum Gasteiger partial charge on any atom is -0.497 e. The second-order valence-electron chi connectivity index (χ2n) is 8.27.